The van der Waals surface area contributed by atoms with Gasteiger partial charge >= 0.3 is 5.97 Å². The van der Waals surface area contributed by atoms with Crippen molar-refractivity contribution in [1.29, 1.82) is 0 Å². The van der Waals surface area contributed by atoms with Gasteiger partial charge in [0.05, 0.1) is 24.2 Å². The fourth-order valence-corrected chi connectivity index (χ4v) is 2.82. The zero-order valence-electron chi connectivity index (χ0n) is 8.94. The quantitative estimate of drug-likeness (QED) is 0.842. The Morgan fingerprint density at radius 2 is 2.06 bits per heavy atom. The third-order valence-corrected chi connectivity index (χ3v) is 3.34. The number of nitrogens with zero attached hydrogens (tertiary/aromatic N) is 1. The minimum atomic E-state index is -1.21. The second-order valence-electron chi connectivity index (χ2n) is 3.78. The van der Waals surface area contributed by atoms with Crippen molar-refractivity contribution in [3.63, 3.8) is 0 Å². The van der Waals surface area contributed by atoms with Crippen molar-refractivity contribution in [2.75, 3.05) is 11.4 Å². The molecule has 0 radical (unpaired) electrons. The summed E-state index contributed by atoms with van der Waals surface area (Å²) in [6, 6.07) is 2.74. The lowest BCUT2D eigenvalue weighted by atomic mass is 10.1. The van der Waals surface area contributed by atoms with E-state index in [1.54, 1.807) is 0 Å². The maximum atomic E-state index is 11.7. The Balaban J connectivity index is 2.59. The van der Waals surface area contributed by atoms with Crippen LogP contribution in [0.15, 0.2) is 16.6 Å². The van der Waals surface area contributed by atoms with Crippen LogP contribution >= 0.6 is 27.5 Å². The molecule has 0 aromatic heterocycles. The number of aromatic carboxylic acids is 1. The number of carbonyl (C=O) groups is 3. The molecule has 18 heavy (non-hydrogen) atoms. The Morgan fingerprint density at radius 3 is 2.56 bits per heavy atom. The van der Waals surface area contributed by atoms with Crippen molar-refractivity contribution in [3.8, 4) is 0 Å². The van der Waals surface area contributed by atoms with Gasteiger partial charge in [0.2, 0.25) is 5.91 Å². The van der Waals surface area contributed by atoms with E-state index in [1.165, 1.54) is 12.1 Å². The Kier molecular flexibility index (Phi) is 3.41. The lowest BCUT2D eigenvalue weighted by Crippen LogP contribution is -2.27. The van der Waals surface area contributed by atoms with E-state index in [0.717, 1.165) is 4.90 Å². The summed E-state index contributed by atoms with van der Waals surface area (Å²) in [5, 5.41) is 9.36. The van der Waals surface area contributed by atoms with Gasteiger partial charge in [-0.25, -0.2) is 4.79 Å². The number of carbonyl (C=O) groups excluding carboxylic acids is 2. The lowest BCUT2D eigenvalue weighted by Gasteiger charge is -2.19. The maximum Gasteiger partial charge on any atom is 0.337 e. The molecule has 5 nitrogen and oxygen atoms in total. The third-order valence-electron chi connectivity index (χ3n) is 2.51. The van der Waals surface area contributed by atoms with Crippen LogP contribution in [0.3, 0.4) is 0 Å². The average Bonchev–Trinajstić information content (AvgIpc) is 2.56. The second-order valence-corrected chi connectivity index (χ2v) is 5.08. The molecule has 1 N–H and O–H groups in total. The summed E-state index contributed by atoms with van der Waals surface area (Å²) in [4.78, 5) is 35.2. The first-order valence-electron chi connectivity index (χ1n) is 4.94. The van der Waals surface area contributed by atoms with Crippen LogP contribution in [-0.4, -0.2) is 29.3 Å². The zero-order valence-corrected chi connectivity index (χ0v) is 11.3. The smallest absolute Gasteiger partial charge is 0.337 e. The first kappa shape index (κ1) is 13.0. The molecule has 1 fully saturated rings. The molecule has 0 unspecified atom stereocenters. The fourth-order valence-electron chi connectivity index (χ4n) is 1.79. The van der Waals surface area contributed by atoms with E-state index in [9.17, 15) is 14.4 Å². The number of hydrogen-bond donors (Lipinski definition) is 1. The Bertz CT molecular complexity index is 572. The van der Waals surface area contributed by atoms with E-state index in [2.05, 4.69) is 15.9 Å². The number of Topliss-reactive ketones (excluding diaryl/α,β-unsaturated/α-hetero) is 1. The third kappa shape index (κ3) is 2.26. The summed E-state index contributed by atoms with van der Waals surface area (Å²) in [5.74, 6) is -1.86. The molecule has 0 atom stereocenters. The van der Waals surface area contributed by atoms with Crippen molar-refractivity contribution in [2.24, 2.45) is 0 Å². The minimum absolute atomic E-state index is 0.112. The highest BCUT2D eigenvalue weighted by Crippen LogP contribution is 2.35. The molecule has 1 aliphatic heterocycles. The number of carboxylic acid groups (broad SMARTS) is 1. The second kappa shape index (κ2) is 4.70. The van der Waals surface area contributed by atoms with Crippen LogP contribution in [0.2, 0.25) is 5.02 Å². The Hall–Kier alpha value is -1.40. The standard InChI is InChI=1S/C11H7BrClNO4/c12-8-2-5(13)1-7(11(17)18)10(8)14-4-6(15)3-9(14)16/h1-2H,3-4H2,(H,17,18). The van der Waals surface area contributed by atoms with Crippen LogP contribution in [-0.2, 0) is 9.59 Å². The summed E-state index contributed by atoms with van der Waals surface area (Å²) < 4.78 is 0.371. The number of benzene rings is 1. The van der Waals surface area contributed by atoms with Gasteiger partial charge in [0, 0.05) is 9.50 Å². The molecular formula is C11H7BrClNO4. The van der Waals surface area contributed by atoms with Gasteiger partial charge in [0.1, 0.15) is 0 Å². The highest BCUT2D eigenvalue weighted by molar-refractivity contribution is 9.10. The number of rotatable bonds is 2. The molecule has 7 heteroatoms. The number of hydrogen-bond acceptors (Lipinski definition) is 3. The molecule has 0 spiro atoms. The number of halogens is 2. The maximum absolute atomic E-state index is 11.7. The van der Waals surface area contributed by atoms with Crippen LogP contribution < -0.4 is 4.90 Å². The number of carboxylic acids is 1. The summed E-state index contributed by atoms with van der Waals surface area (Å²) in [5.41, 5.74) is 0.0557. The topological polar surface area (TPSA) is 74.7 Å². The van der Waals surface area contributed by atoms with Crippen molar-refractivity contribution in [3.05, 3.63) is 27.2 Å². The van der Waals surface area contributed by atoms with E-state index >= 15 is 0 Å². The van der Waals surface area contributed by atoms with Crippen molar-refractivity contribution >= 4 is 50.9 Å². The molecule has 1 saturated heterocycles. The molecule has 0 saturated carbocycles. The highest BCUT2D eigenvalue weighted by atomic mass is 79.9. The minimum Gasteiger partial charge on any atom is -0.478 e. The van der Waals surface area contributed by atoms with Gasteiger partial charge in [-0.1, -0.05) is 11.6 Å². The van der Waals surface area contributed by atoms with Gasteiger partial charge in [0.25, 0.3) is 0 Å². The molecule has 1 heterocycles. The molecule has 2 rings (SSSR count). The molecule has 1 aliphatic rings. The molecule has 94 valence electrons. The van der Waals surface area contributed by atoms with Crippen molar-refractivity contribution in [1.82, 2.24) is 0 Å². The monoisotopic (exact) mass is 331 g/mol. The van der Waals surface area contributed by atoms with Gasteiger partial charge in [-0.05, 0) is 28.1 Å². The summed E-state index contributed by atoms with van der Waals surface area (Å²) >= 11 is 8.94. The van der Waals surface area contributed by atoms with E-state index in [0.29, 0.717) is 4.47 Å². The van der Waals surface area contributed by atoms with Gasteiger partial charge in [-0.15, -0.1) is 0 Å². The van der Waals surface area contributed by atoms with Crippen molar-refractivity contribution < 1.29 is 19.5 Å². The summed E-state index contributed by atoms with van der Waals surface area (Å²) in [6.45, 7) is -0.112. The SMILES string of the molecule is O=C1CC(=O)N(c2c(Br)cc(Cl)cc2C(=O)O)C1. The van der Waals surface area contributed by atoms with E-state index in [-0.39, 0.29) is 35.0 Å². The first-order valence-corrected chi connectivity index (χ1v) is 6.11. The van der Waals surface area contributed by atoms with Crippen LogP contribution in [0.5, 0.6) is 0 Å². The van der Waals surface area contributed by atoms with Gasteiger partial charge in [-0.3, -0.25) is 9.59 Å². The molecule has 1 aromatic rings. The van der Waals surface area contributed by atoms with E-state index < -0.39 is 11.9 Å². The van der Waals surface area contributed by atoms with Crippen molar-refractivity contribution in [2.45, 2.75) is 6.42 Å². The molecule has 1 amide bonds. The lowest BCUT2D eigenvalue weighted by molar-refractivity contribution is -0.121. The average molecular weight is 333 g/mol. The predicted octanol–water partition coefficient (Wildman–Crippen LogP) is 2.11. The number of anilines is 1. The largest absolute Gasteiger partial charge is 0.478 e. The first-order chi connectivity index (χ1) is 8.40. The summed E-state index contributed by atoms with van der Waals surface area (Å²) in [6.07, 6.45) is -0.200. The number of ketones is 1. The molecule has 0 bridgehead atoms. The van der Waals surface area contributed by atoms with Crippen LogP contribution in [0.1, 0.15) is 16.8 Å². The highest BCUT2D eigenvalue weighted by Gasteiger charge is 2.32. The van der Waals surface area contributed by atoms with Gasteiger partial charge in [0.15, 0.2) is 5.78 Å². The molecular weight excluding hydrogens is 325 g/mol. The predicted molar refractivity (Wildman–Crippen MR) is 68.1 cm³/mol. The summed E-state index contributed by atoms with van der Waals surface area (Å²) in [7, 11) is 0. The zero-order chi connectivity index (χ0) is 13.4. The van der Waals surface area contributed by atoms with Crippen LogP contribution in [0, 0.1) is 0 Å². The normalized spacial score (nSPS) is 15.3. The van der Waals surface area contributed by atoms with E-state index in [4.69, 9.17) is 16.7 Å². The fraction of sp³-hybridized carbons (Fsp3) is 0.182. The molecule has 1 aromatic carbocycles. The Morgan fingerprint density at radius 1 is 1.39 bits per heavy atom. The van der Waals surface area contributed by atoms with Crippen LogP contribution in [0.4, 0.5) is 5.69 Å². The van der Waals surface area contributed by atoms with Gasteiger partial charge < -0.3 is 10.0 Å². The number of amides is 1. The molecule has 0 aliphatic carbocycles. The van der Waals surface area contributed by atoms with Crippen LogP contribution in [0.25, 0.3) is 0 Å². The van der Waals surface area contributed by atoms with E-state index in [1.807, 2.05) is 0 Å². The van der Waals surface area contributed by atoms with Gasteiger partial charge in [-0.2, -0.15) is 0 Å². The Labute approximate surface area is 115 Å².